The van der Waals surface area contributed by atoms with Crippen LogP contribution in [0.5, 0.6) is 0 Å². The number of hydrogen-bond donors (Lipinski definition) is 1. The fourth-order valence-corrected chi connectivity index (χ4v) is 6.80. The van der Waals surface area contributed by atoms with E-state index in [9.17, 15) is 8.42 Å². The van der Waals surface area contributed by atoms with Gasteiger partial charge >= 0.3 is 0 Å². The van der Waals surface area contributed by atoms with E-state index in [-0.39, 0.29) is 4.90 Å². The van der Waals surface area contributed by atoms with Crippen LogP contribution in [0.25, 0.3) is 0 Å². The molecule has 3 aliphatic heterocycles. The summed E-state index contributed by atoms with van der Waals surface area (Å²) in [4.78, 5) is 2.75. The van der Waals surface area contributed by atoms with E-state index in [2.05, 4.69) is 40.0 Å². The molecule has 2 aromatic rings. The van der Waals surface area contributed by atoms with Crippen LogP contribution in [0.4, 0.5) is 0 Å². The van der Waals surface area contributed by atoms with Gasteiger partial charge in [-0.15, -0.1) is 0 Å². The van der Waals surface area contributed by atoms with Gasteiger partial charge in [0.15, 0.2) is 0 Å². The third kappa shape index (κ3) is 4.05. The molecule has 3 heterocycles. The number of nitrogens with zero attached hydrogens (tertiary/aromatic N) is 1. The van der Waals surface area contributed by atoms with Gasteiger partial charge < -0.3 is 14.4 Å². The van der Waals surface area contributed by atoms with E-state index < -0.39 is 21.9 Å². The Labute approximate surface area is 184 Å². The van der Waals surface area contributed by atoms with Gasteiger partial charge in [-0.25, -0.2) is 13.1 Å². The van der Waals surface area contributed by atoms with E-state index in [0.29, 0.717) is 31.1 Å². The first-order valence-corrected chi connectivity index (χ1v) is 12.7. The topological polar surface area (TPSA) is 67.9 Å². The van der Waals surface area contributed by atoms with Gasteiger partial charge in [0.1, 0.15) is 0 Å². The lowest BCUT2D eigenvalue weighted by Crippen LogP contribution is -2.56. The molecule has 0 radical (unpaired) electrons. The molecular formula is C24H30N2O4S. The maximum absolute atomic E-state index is 12.8. The van der Waals surface area contributed by atoms with Gasteiger partial charge in [-0.3, -0.25) is 0 Å². The molecular weight excluding hydrogens is 412 g/mol. The number of likely N-dealkylation sites (tertiary alicyclic amines) is 1. The zero-order valence-corrected chi connectivity index (χ0v) is 18.5. The van der Waals surface area contributed by atoms with Crippen molar-refractivity contribution in [2.75, 3.05) is 32.8 Å². The Kier molecular flexibility index (Phi) is 5.88. The van der Waals surface area contributed by atoms with Crippen LogP contribution in [0.2, 0.25) is 0 Å². The summed E-state index contributed by atoms with van der Waals surface area (Å²) in [5.41, 5.74) is 2.06. The summed E-state index contributed by atoms with van der Waals surface area (Å²) < 4.78 is 40.6. The zero-order valence-electron chi connectivity index (χ0n) is 17.7. The first kappa shape index (κ1) is 21.1. The van der Waals surface area contributed by atoms with Crippen molar-refractivity contribution in [2.45, 2.75) is 48.3 Å². The molecule has 31 heavy (non-hydrogen) atoms. The molecule has 7 heteroatoms. The van der Waals surface area contributed by atoms with E-state index in [0.717, 1.165) is 26.1 Å². The minimum atomic E-state index is -3.57. The van der Waals surface area contributed by atoms with Crippen molar-refractivity contribution in [2.24, 2.45) is 0 Å². The maximum atomic E-state index is 12.8. The number of ether oxygens (including phenoxy) is 2. The lowest BCUT2D eigenvalue weighted by Gasteiger charge is -2.41. The van der Waals surface area contributed by atoms with Crippen molar-refractivity contribution in [3.05, 3.63) is 65.7 Å². The molecule has 1 spiro atoms. The molecule has 3 aliphatic rings. The molecule has 1 atom stereocenters. The Balaban J connectivity index is 1.22. The average Bonchev–Trinajstić information content (AvgIpc) is 3.29. The highest BCUT2D eigenvalue weighted by Crippen LogP contribution is 2.43. The summed E-state index contributed by atoms with van der Waals surface area (Å²) in [7, 11) is -3.57. The van der Waals surface area contributed by atoms with Crippen molar-refractivity contribution < 1.29 is 17.9 Å². The number of nitrogens with one attached hydrogen (secondary N) is 1. The quantitative estimate of drug-likeness (QED) is 0.770. The number of rotatable bonds is 5. The van der Waals surface area contributed by atoms with Crippen LogP contribution >= 0.6 is 0 Å². The van der Waals surface area contributed by atoms with Gasteiger partial charge in [0.05, 0.1) is 24.2 Å². The molecule has 0 amide bonds. The van der Waals surface area contributed by atoms with Crippen LogP contribution in [-0.2, 0) is 25.3 Å². The molecule has 2 aromatic carbocycles. The van der Waals surface area contributed by atoms with Crippen molar-refractivity contribution in [1.82, 2.24) is 9.62 Å². The monoisotopic (exact) mass is 442 g/mol. The maximum Gasteiger partial charge on any atom is 0.241 e. The highest BCUT2D eigenvalue weighted by Gasteiger charge is 2.53. The van der Waals surface area contributed by atoms with E-state index in [4.69, 9.17) is 9.47 Å². The van der Waals surface area contributed by atoms with Crippen molar-refractivity contribution >= 4 is 10.0 Å². The van der Waals surface area contributed by atoms with Crippen LogP contribution < -0.4 is 4.72 Å². The molecule has 1 N–H and O–H groups in total. The van der Waals surface area contributed by atoms with E-state index in [1.165, 1.54) is 18.4 Å². The van der Waals surface area contributed by atoms with Gasteiger partial charge in [-0.1, -0.05) is 48.5 Å². The number of benzene rings is 2. The Morgan fingerprint density at radius 1 is 0.968 bits per heavy atom. The third-order valence-electron chi connectivity index (χ3n) is 6.85. The predicted molar refractivity (Wildman–Crippen MR) is 118 cm³/mol. The van der Waals surface area contributed by atoms with Crippen molar-refractivity contribution in [3.8, 4) is 0 Å². The zero-order chi connectivity index (χ0) is 21.3. The van der Waals surface area contributed by atoms with E-state index in [1.807, 2.05) is 12.1 Å². The number of hydrogen-bond acceptors (Lipinski definition) is 5. The van der Waals surface area contributed by atoms with E-state index >= 15 is 0 Å². The minimum absolute atomic E-state index is 0.260. The molecule has 166 valence electrons. The number of piperidine rings is 1. The minimum Gasteiger partial charge on any atom is -0.342 e. The summed E-state index contributed by atoms with van der Waals surface area (Å²) >= 11 is 0. The Morgan fingerprint density at radius 2 is 1.65 bits per heavy atom. The van der Waals surface area contributed by atoms with Crippen LogP contribution in [0.3, 0.4) is 0 Å². The SMILES string of the molecule is O=S1(=O)NC(CCCN2CCC(c3ccccc3)CC2)C2(OCCO2)c2ccccc21. The lowest BCUT2D eigenvalue weighted by molar-refractivity contribution is -0.190. The Hall–Kier alpha value is -1.77. The molecule has 0 aromatic heterocycles. The van der Waals surface area contributed by atoms with Gasteiger partial charge in [-0.05, 0) is 62.9 Å². The van der Waals surface area contributed by atoms with Gasteiger partial charge in [-0.2, -0.15) is 0 Å². The summed E-state index contributed by atoms with van der Waals surface area (Å²) in [6, 6.07) is 17.4. The first-order valence-electron chi connectivity index (χ1n) is 11.3. The second-order valence-corrected chi connectivity index (χ2v) is 10.4. The third-order valence-corrected chi connectivity index (χ3v) is 8.38. The molecule has 6 nitrogen and oxygen atoms in total. The normalized spacial score (nSPS) is 25.5. The molecule has 0 saturated carbocycles. The summed E-state index contributed by atoms with van der Waals surface area (Å²) in [6.45, 7) is 4.06. The fraction of sp³-hybridized carbons (Fsp3) is 0.500. The number of sulfonamides is 1. The summed E-state index contributed by atoms with van der Waals surface area (Å²) in [5.74, 6) is -0.370. The number of fused-ring (bicyclic) bond motifs is 2. The first-order chi connectivity index (χ1) is 15.1. The predicted octanol–water partition coefficient (Wildman–Crippen LogP) is 3.21. The van der Waals surface area contributed by atoms with Crippen LogP contribution in [0, 0.1) is 0 Å². The lowest BCUT2D eigenvalue weighted by atomic mass is 9.89. The van der Waals surface area contributed by atoms with Gasteiger partial charge in [0.2, 0.25) is 15.8 Å². The molecule has 2 saturated heterocycles. The highest BCUT2D eigenvalue weighted by molar-refractivity contribution is 7.89. The summed E-state index contributed by atoms with van der Waals surface area (Å²) in [6.07, 6.45) is 3.90. The standard InChI is InChI=1S/C24H30N2O4S/c27-31(28)22-10-5-4-9-21(22)24(29-17-18-30-24)23(25-31)11-6-14-26-15-12-20(13-16-26)19-7-2-1-3-8-19/h1-5,7-10,20,23,25H,6,11-18H2. The Morgan fingerprint density at radius 3 is 2.39 bits per heavy atom. The largest absolute Gasteiger partial charge is 0.342 e. The van der Waals surface area contributed by atoms with Crippen molar-refractivity contribution in [1.29, 1.82) is 0 Å². The molecule has 5 rings (SSSR count). The molecule has 2 fully saturated rings. The van der Waals surface area contributed by atoms with Gasteiger partial charge in [0.25, 0.3) is 0 Å². The summed E-state index contributed by atoms with van der Waals surface area (Å²) in [5, 5.41) is 0. The smallest absolute Gasteiger partial charge is 0.241 e. The molecule has 0 bridgehead atoms. The fourth-order valence-electron chi connectivity index (χ4n) is 5.27. The van der Waals surface area contributed by atoms with Crippen molar-refractivity contribution in [3.63, 3.8) is 0 Å². The Bertz CT molecular complexity index is 997. The van der Waals surface area contributed by atoms with Crippen LogP contribution in [0.1, 0.15) is 42.7 Å². The molecule has 1 unspecified atom stereocenters. The average molecular weight is 443 g/mol. The highest BCUT2D eigenvalue weighted by atomic mass is 32.2. The van der Waals surface area contributed by atoms with Crippen LogP contribution in [-0.4, -0.2) is 52.2 Å². The van der Waals surface area contributed by atoms with E-state index in [1.54, 1.807) is 12.1 Å². The van der Waals surface area contributed by atoms with Gasteiger partial charge in [0, 0.05) is 5.56 Å². The van der Waals surface area contributed by atoms with Crippen LogP contribution in [0.15, 0.2) is 59.5 Å². The second-order valence-electron chi connectivity index (χ2n) is 8.70. The second kappa shape index (κ2) is 8.64. The molecule has 0 aliphatic carbocycles.